The second kappa shape index (κ2) is 5.03. The zero-order valence-electron chi connectivity index (χ0n) is 10.6. The third-order valence-electron chi connectivity index (χ3n) is 2.80. The number of rotatable bonds is 5. The minimum absolute atomic E-state index is 0.0232. The Morgan fingerprint density at radius 2 is 2.11 bits per heavy atom. The van der Waals surface area contributed by atoms with Crippen molar-refractivity contribution >= 4 is 17.3 Å². The van der Waals surface area contributed by atoms with Crippen molar-refractivity contribution < 1.29 is 14.8 Å². The van der Waals surface area contributed by atoms with Crippen LogP contribution in [0.5, 0.6) is 0 Å². The zero-order valence-corrected chi connectivity index (χ0v) is 10.6. The van der Waals surface area contributed by atoms with Gasteiger partial charge >= 0.3 is 5.97 Å². The molecular formula is C12H16N2O4. The number of aromatic carboxylic acids is 1. The van der Waals surface area contributed by atoms with Crippen molar-refractivity contribution in [3.63, 3.8) is 0 Å². The van der Waals surface area contributed by atoms with Crippen LogP contribution in [0.4, 0.5) is 11.4 Å². The molecule has 0 saturated carbocycles. The summed E-state index contributed by atoms with van der Waals surface area (Å²) in [6.07, 6.45) is 0.751. The zero-order chi connectivity index (χ0) is 13.9. The Bertz CT molecular complexity index is 483. The van der Waals surface area contributed by atoms with Gasteiger partial charge in [0.05, 0.1) is 10.5 Å². The standard InChI is InChI=1S/C12H16N2O4/c1-4-12(2,3)13-9-7-8(11(15)16)5-6-10(9)14(17)18/h5-7,13H,4H2,1-3H3,(H,15,16). The Morgan fingerprint density at radius 3 is 2.56 bits per heavy atom. The van der Waals surface area contributed by atoms with Crippen LogP contribution >= 0.6 is 0 Å². The second-order valence-electron chi connectivity index (χ2n) is 4.66. The Hall–Kier alpha value is -2.11. The number of hydrogen-bond donors (Lipinski definition) is 2. The molecule has 0 radical (unpaired) electrons. The van der Waals surface area contributed by atoms with Crippen molar-refractivity contribution in [1.82, 2.24) is 0 Å². The van der Waals surface area contributed by atoms with E-state index in [0.717, 1.165) is 6.42 Å². The lowest BCUT2D eigenvalue weighted by atomic mass is 10.0. The lowest BCUT2D eigenvalue weighted by molar-refractivity contribution is -0.384. The topological polar surface area (TPSA) is 92.5 Å². The number of carboxylic acid groups (broad SMARTS) is 1. The van der Waals surface area contributed by atoms with Crippen molar-refractivity contribution in [2.75, 3.05) is 5.32 Å². The van der Waals surface area contributed by atoms with E-state index in [-0.39, 0.29) is 22.5 Å². The van der Waals surface area contributed by atoms with E-state index in [2.05, 4.69) is 5.32 Å². The van der Waals surface area contributed by atoms with E-state index in [1.807, 2.05) is 20.8 Å². The van der Waals surface area contributed by atoms with E-state index in [9.17, 15) is 14.9 Å². The first-order valence-electron chi connectivity index (χ1n) is 5.57. The molecule has 0 saturated heterocycles. The molecule has 0 unspecified atom stereocenters. The van der Waals surface area contributed by atoms with E-state index in [1.165, 1.54) is 18.2 Å². The largest absolute Gasteiger partial charge is 0.478 e. The third-order valence-corrected chi connectivity index (χ3v) is 2.80. The van der Waals surface area contributed by atoms with Gasteiger partial charge in [0, 0.05) is 11.6 Å². The van der Waals surface area contributed by atoms with Crippen LogP contribution in [-0.2, 0) is 0 Å². The molecule has 0 heterocycles. The number of anilines is 1. The molecule has 0 bridgehead atoms. The van der Waals surface area contributed by atoms with E-state index < -0.39 is 10.9 Å². The number of benzene rings is 1. The van der Waals surface area contributed by atoms with Crippen molar-refractivity contribution in [1.29, 1.82) is 0 Å². The van der Waals surface area contributed by atoms with Crippen LogP contribution in [0.2, 0.25) is 0 Å². The van der Waals surface area contributed by atoms with Gasteiger partial charge in [0.2, 0.25) is 0 Å². The maximum absolute atomic E-state index is 10.9. The molecule has 0 amide bonds. The van der Waals surface area contributed by atoms with Gasteiger partial charge in [0.25, 0.3) is 5.69 Å². The second-order valence-corrected chi connectivity index (χ2v) is 4.66. The van der Waals surface area contributed by atoms with Crippen molar-refractivity contribution in [2.45, 2.75) is 32.7 Å². The number of nitro benzene ring substituents is 1. The Kier molecular flexibility index (Phi) is 3.90. The molecule has 0 aliphatic heterocycles. The van der Waals surface area contributed by atoms with Crippen molar-refractivity contribution in [2.24, 2.45) is 0 Å². The monoisotopic (exact) mass is 252 g/mol. The molecular weight excluding hydrogens is 236 g/mol. The molecule has 0 atom stereocenters. The van der Waals surface area contributed by atoms with Gasteiger partial charge in [-0.05, 0) is 32.4 Å². The fourth-order valence-electron chi connectivity index (χ4n) is 1.38. The van der Waals surface area contributed by atoms with E-state index in [4.69, 9.17) is 5.11 Å². The van der Waals surface area contributed by atoms with Gasteiger partial charge in [-0.3, -0.25) is 10.1 Å². The molecule has 1 aromatic rings. The summed E-state index contributed by atoms with van der Waals surface area (Å²) < 4.78 is 0. The van der Waals surface area contributed by atoms with E-state index >= 15 is 0 Å². The van der Waals surface area contributed by atoms with E-state index in [1.54, 1.807) is 0 Å². The average molecular weight is 252 g/mol. The fraction of sp³-hybridized carbons (Fsp3) is 0.417. The summed E-state index contributed by atoms with van der Waals surface area (Å²) in [5, 5.41) is 22.8. The smallest absolute Gasteiger partial charge is 0.335 e. The maximum Gasteiger partial charge on any atom is 0.335 e. The highest BCUT2D eigenvalue weighted by atomic mass is 16.6. The molecule has 0 spiro atoms. The van der Waals surface area contributed by atoms with Gasteiger partial charge < -0.3 is 10.4 Å². The Morgan fingerprint density at radius 1 is 1.50 bits per heavy atom. The van der Waals surface area contributed by atoms with Crippen LogP contribution in [0, 0.1) is 10.1 Å². The number of nitrogens with zero attached hydrogens (tertiary/aromatic N) is 1. The molecule has 6 nitrogen and oxygen atoms in total. The lowest BCUT2D eigenvalue weighted by Crippen LogP contribution is -2.30. The number of carboxylic acids is 1. The third kappa shape index (κ3) is 3.19. The van der Waals surface area contributed by atoms with Crippen molar-refractivity contribution in [3.05, 3.63) is 33.9 Å². The van der Waals surface area contributed by atoms with Gasteiger partial charge in [-0.2, -0.15) is 0 Å². The summed E-state index contributed by atoms with van der Waals surface area (Å²) in [6, 6.07) is 3.72. The first kappa shape index (κ1) is 14.0. The van der Waals surface area contributed by atoms with Crippen LogP contribution in [-0.4, -0.2) is 21.5 Å². The summed E-state index contributed by atoms with van der Waals surface area (Å²) in [5.41, 5.74) is -0.217. The fourth-order valence-corrected chi connectivity index (χ4v) is 1.38. The first-order valence-corrected chi connectivity index (χ1v) is 5.57. The molecule has 2 N–H and O–H groups in total. The highest BCUT2D eigenvalue weighted by Crippen LogP contribution is 2.29. The number of nitrogens with one attached hydrogen (secondary N) is 1. The first-order chi connectivity index (χ1) is 8.26. The number of hydrogen-bond acceptors (Lipinski definition) is 4. The minimum atomic E-state index is -1.11. The van der Waals surface area contributed by atoms with E-state index in [0.29, 0.717) is 0 Å². The number of carbonyl (C=O) groups is 1. The Balaban J connectivity index is 3.24. The quantitative estimate of drug-likeness (QED) is 0.620. The summed E-state index contributed by atoms with van der Waals surface area (Å²) >= 11 is 0. The van der Waals surface area contributed by atoms with Crippen LogP contribution in [0.1, 0.15) is 37.6 Å². The van der Waals surface area contributed by atoms with Crippen molar-refractivity contribution in [3.8, 4) is 0 Å². The van der Waals surface area contributed by atoms with Crippen LogP contribution in [0.15, 0.2) is 18.2 Å². The molecule has 1 rings (SSSR count). The highest BCUT2D eigenvalue weighted by molar-refractivity contribution is 5.90. The molecule has 6 heteroatoms. The SMILES string of the molecule is CCC(C)(C)Nc1cc(C(=O)O)ccc1[N+](=O)[O-]. The highest BCUT2D eigenvalue weighted by Gasteiger charge is 2.22. The Labute approximate surface area is 105 Å². The molecule has 0 fully saturated rings. The molecule has 0 aliphatic carbocycles. The van der Waals surface area contributed by atoms with Gasteiger partial charge in [0.15, 0.2) is 0 Å². The minimum Gasteiger partial charge on any atom is -0.478 e. The van der Waals surface area contributed by atoms with Gasteiger partial charge in [-0.25, -0.2) is 4.79 Å². The predicted octanol–water partition coefficient (Wildman–Crippen LogP) is 2.89. The van der Waals surface area contributed by atoms with Gasteiger partial charge in [-0.1, -0.05) is 6.92 Å². The van der Waals surface area contributed by atoms with Gasteiger partial charge in [-0.15, -0.1) is 0 Å². The summed E-state index contributed by atoms with van der Waals surface area (Å²) in [5.74, 6) is -1.11. The summed E-state index contributed by atoms with van der Waals surface area (Å²) in [4.78, 5) is 21.2. The molecule has 98 valence electrons. The van der Waals surface area contributed by atoms with Gasteiger partial charge in [0.1, 0.15) is 5.69 Å². The molecule has 0 aromatic heterocycles. The van der Waals surface area contributed by atoms with Crippen LogP contribution < -0.4 is 5.32 Å². The molecule has 1 aromatic carbocycles. The normalized spacial score (nSPS) is 11.1. The maximum atomic E-state index is 10.9. The summed E-state index contributed by atoms with van der Waals surface area (Å²) in [6.45, 7) is 5.73. The summed E-state index contributed by atoms with van der Waals surface area (Å²) in [7, 11) is 0. The number of nitro groups is 1. The predicted molar refractivity (Wildman–Crippen MR) is 68.0 cm³/mol. The molecule has 18 heavy (non-hydrogen) atoms. The van der Waals surface area contributed by atoms with Crippen LogP contribution in [0.25, 0.3) is 0 Å². The molecule has 0 aliphatic rings. The lowest BCUT2D eigenvalue weighted by Gasteiger charge is -2.25. The average Bonchev–Trinajstić information content (AvgIpc) is 2.28. The van der Waals surface area contributed by atoms with Crippen LogP contribution in [0.3, 0.4) is 0 Å².